The SMILES string of the molecule is CCCNc1cc(NCCCC(N)=O)nc(CCC)n1. The number of carbonyl (C=O) groups is 1. The van der Waals surface area contributed by atoms with Gasteiger partial charge in [0.1, 0.15) is 17.5 Å². The zero-order valence-corrected chi connectivity index (χ0v) is 12.4. The predicted molar refractivity (Wildman–Crippen MR) is 81.7 cm³/mol. The smallest absolute Gasteiger partial charge is 0.217 e. The van der Waals surface area contributed by atoms with Gasteiger partial charge in [0.25, 0.3) is 0 Å². The molecule has 0 aliphatic rings. The quantitative estimate of drug-likeness (QED) is 0.569. The summed E-state index contributed by atoms with van der Waals surface area (Å²) >= 11 is 0. The Morgan fingerprint density at radius 3 is 2.35 bits per heavy atom. The predicted octanol–water partition coefficient (Wildman–Crippen LogP) is 1.93. The van der Waals surface area contributed by atoms with E-state index in [1.54, 1.807) is 0 Å². The number of primary amides is 1. The third kappa shape index (κ3) is 6.36. The monoisotopic (exact) mass is 279 g/mol. The van der Waals surface area contributed by atoms with Crippen LogP contribution in [-0.2, 0) is 11.2 Å². The van der Waals surface area contributed by atoms with Crippen molar-refractivity contribution in [1.82, 2.24) is 9.97 Å². The van der Waals surface area contributed by atoms with Crippen LogP contribution in [0.3, 0.4) is 0 Å². The van der Waals surface area contributed by atoms with Crippen LogP contribution in [0, 0.1) is 0 Å². The zero-order chi connectivity index (χ0) is 14.8. The molecule has 1 amide bonds. The number of aryl methyl sites for hydroxylation is 1. The van der Waals surface area contributed by atoms with Crippen LogP contribution in [0.2, 0.25) is 0 Å². The molecule has 6 nitrogen and oxygen atoms in total. The Morgan fingerprint density at radius 2 is 1.80 bits per heavy atom. The summed E-state index contributed by atoms with van der Waals surface area (Å²) in [5.41, 5.74) is 5.11. The first-order valence-electron chi connectivity index (χ1n) is 7.29. The van der Waals surface area contributed by atoms with Crippen molar-refractivity contribution in [2.24, 2.45) is 5.73 Å². The molecule has 0 spiro atoms. The lowest BCUT2D eigenvalue weighted by Gasteiger charge is -2.10. The van der Waals surface area contributed by atoms with E-state index in [2.05, 4.69) is 34.4 Å². The zero-order valence-electron chi connectivity index (χ0n) is 12.4. The minimum atomic E-state index is -0.272. The average molecular weight is 279 g/mol. The third-order valence-electron chi connectivity index (χ3n) is 2.71. The van der Waals surface area contributed by atoms with Gasteiger partial charge in [-0.3, -0.25) is 4.79 Å². The van der Waals surface area contributed by atoms with Crippen LogP contribution in [0.1, 0.15) is 45.4 Å². The van der Waals surface area contributed by atoms with Gasteiger partial charge in [0.15, 0.2) is 0 Å². The molecule has 112 valence electrons. The molecule has 0 fully saturated rings. The summed E-state index contributed by atoms with van der Waals surface area (Å²) in [5, 5.41) is 6.49. The molecule has 0 aliphatic carbocycles. The second kappa shape index (κ2) is 9.12. The van der Waals surface area contributed by atoms with Crippen LogP contribution in [0.25, 0.3) is 0 Å². The van der Waals surface area contributed by atoms with Crippen LogP contribution >= 0.6 is 0 Å². The highest BCUT2D eigenvalue weighted by Crippen LogP contribution is 2.12. The number of hydrogen-bond acceptors (Lipinski definition) is 5. The van der Waals surface area contributed by atoms with E-state index < -0.39 is 0 Å². The number of nitrogens with two attached hydrogens (primary N) is 1. The molecular formula is C14H25N5O. The summed E-state index contributed by atoms with van der Waals surface area (Å²) in [6.45, 7) is 5.79. The maximum atomic E-state index is 10.7. The largest absolute Gasteiger partial charge is 0.370 e. The molecule has 0 atom stereocenters. The van der Waals surface area contributed by atoms with Gasteiger partial charge in [-0.1, -0.05) is 13.8 Å². The molecule has 0 aromatic carbocycles. The van der Waals surface area contributed by atoms with Gasteiger partial charge in [-0.05, 0) is 19.3 Å². The highest BCUT2D eigenvalue weighted by molar-refractivity contribution is 5.73. The molecule has 0 aliphatic heterocycles. The Kier molecular flexibility index (Phi) is 7.39. The number of anilines is 2. The van der Waals surface area contributed by atoms with Crippen molar-refractivity contribution in [2.75, 3.05) is 23.7 Å². The van der Waals surface area contributed by atoms with Gasteiger partial charge in [-0.25, -0.2) is 9.97 Å². The van der Waals surface area contributed by atoms with Crippen molar-refractivity contribution >= 4 is 17.5 Å². The molecular weight excluding hydrogens is 254 g/mol. The fourth-order valence-electron chi connectivity index (χ4n) is 1.75. The van der Waals surface area contributed by atoms with E-state index >= 15 is 0 Å². The van der Waals surface area contributed by atoms with Gasteiger partial charge >= 0.3 is 0 Å². The van der Waals surface area contributed by atoms with E-state index in [1.165, 1.54) is 0 Å². The number of hydrogen-bond donors (Lipinski definition) is 3. The van der Waals surface area contributed by atoms with Crippen molar-refractivity contribution < 1.29 is 4.79 Å². The number of amides is 1. The molecule has 0 unspecified atom stereocenters. The van der Waals surface area contributed by atoms with Gasteiger partial charge in [-0.2, -0.15) is 0 Å². The van der Waals surface area contributed by atoms with Crippen LogP contribution in [0.4, 0.5) is 11.6 Å². The molecule has 0 radical (unpaired) electrons. The van der Waals surface area contributed by atoms with E-state index in [0.29, 0.717) is 19.4 Å². The number of nitrogens with zero attached hydrogens (tertiary/aromatic N) is 2. The molecule has 1 rings (SSSR count). The lowest BCUT2D eigenvalue weighted by molar-refractivity contribution is -0.118. The van der Waals surface area contributed by atoms with Crippen molar-refractivity contribution in [3.63, 3.8) is 0 Å². The number of nitrogens with one attached hydrogen (secondary N) is 2. The van der Waals surface area contributed by atoms with Crippen molar-refractivity contribution in [2.45, 2.75) is 46.0 Å². The Balaban J connectivity index is 2.62. The minimum Gasteiger partial charge on any atom is -0.370 e. The molecule has 20 heavy (non-hydrogen) atoms. The maximum Gasteiger partial charge on any atom is 0.217 e. The molecule has 1 aromatic rings. The van der Waals surface area contributed by atoms with Crippen LogP contribution < -0.4 is 16.4 Å². The van der Waals surface area contributed by atoms with E-state index in [4.69, 9.17) is 5.73 Å². The first-order valence-corrected chi connectivity index (χ1v) is 7.29. The van der Waals surface area contributed by atoms with Crippen LogP contribution in [-0.4, -0.2) is 29.0 Å². The summed E-state index contributed by atoms with van der Waals surface area (Å²) in [6.07, 6.45) is 4.02. The fourth-order valence-corrected chi connectivity index (χ4v) is 1.75. The van der Waals surface area contributed by atoms with Gasteiger partial charge in [0, 0.05) is 32.0 Å². The Bertz CT molecular complexity index is 422. The second-order valence-corrected chi connectivity index (χ2v) is 4.73. The second-order valence-electron chi connectivity index (χ2n) is 4.73. The molecule has 0 saturated carbocycles. The van der Waals surface area contributed by atoms with Crippen LogP contribution in [0.15, 0.2) is 6.07 Å². The Morgan fingerprint density at radius 1 is 1.15 bits per heavy atom. The van der Waals surface area contributed by atoms with Crippen LogP contribution in [0.5, 0.6) is 0 Å². The normalized spacial score (nSPS) is 10.3. The van der Waals surface area contributed by atoms with E-state index in [9.17, 15) is 4.79 Å². The Labute approximate surface area is 120 Å². The molecule has 1 heterocycles. The topological polar surface area (TPSA) is 92.9 Å². The summed E-state index contributed by atoms with van der Waals surface area (Å²) in [5.74, 6) is 2.21. The van der Waals surface area contributed by atoms with Gasteiger partial charge < -0.3 is 16.4 Å². The summed E-state index contributed by atoms with van der Waals surface area (Å²) in [4.78, 5) is 19.6. The third-order valence-corrected chi connectivity index (χ3v) is 2.71. The molecule has 0 bridgehead atoms. The molecule has 1 aromatic heterocycles. The number of rotatable bonds is 10. The standard InChI is InChI=1S/C14H25N5O/c1-3-6-12-18-13(16-8-4-2)10-14(19-12)17-9-5-7-11(15)20/h10H,3-9H2,1-2H3,(H2,15,20)(H2,16,17,18,19). The van der Waals surface area contributed by atoms with E-state index in [1.807, 2.05) is 6.07 Å². The molecule has 4 N–H and O–H groups in total. The first kappa shape index (κ1) is 16.2. The lowest BCUT2D eigenvalue weighted by atomic mass is 10.3. The average Bonchev–Trinajstić information content (AvgIpc) is 2.41. The Hall–Kier alpha value is -1.85. The summed E-state index contributed by atoms with van der Waals surface area (Å²) < 4.78 is 0. The summed E-state index contributed by atoms with van der Waals surface area (Å²) in [7, 11) is 0. The van der Waals surface area contributed by atoms with Gasteiger partial charge in [0.2, 0.25) is 5.91 Å². The highest BCUT2D eigenvalue weighted by Gasteiger charge is 2.04. The first-order chi connectivity index (χ1) is 9.65. The van der Waals surface area contributed by atoms with E-state index in [-0.39, 0.29) is 5.91 Å². The van der Waals surface area contributed by atoms with Crippen molar-refractivity contribution in [3.05, 3.63) is 11.9 Å². The fraction of sp³-hybridized carbons (Fsp3) is 0.643. The van der Waals surface area contributed by atoms with Crippen molar-refractivity contribution in [3.8, 4) is 0 Å². The molecule has 6 heteroatoms. The van der Waals surface area contributed by atoms with E-state index in [0.717, 1.165) is 43.3 Å². The van der Waals surface area contributed by atoms with Crippen molar-refractivity contribution in [1.29, 1.82) is 0 Å². The summed E-state index contributed by atoms with van der Waals surface area (Å²) in [6, 6.07) is 1.90. The maximum absolute atomic E-state index is 10.7. The van der Waals surface area contributed by atoms with Gasteiger partial charge in [0.05, 0.1) is 0 Å². The molecule has 0 saturated heterocycles. The lowest BCUT2D eigenvalue weighted by Crippen LogP contribution is -2.14. The number of aromatic nitrogens is 2. The number of carbonyl (C=O) groups excluding carboxylic acids is 1. The van der Waals surface area contributed by atoms with Gasteiger partial charge in [-0.15, -0.1) is 0 Å². The minimum absolute atomic E-state index is 0.272. The highest BCUT2D eigenvalue weighted by atomic mass is 16.1.